The van der Waals surface area contributed by atoms with Gasteiger partial charge in [-0.3, -0.25) is 0 Å². The molecule has 0 saturated heterocycles. The third-order valence-electron chi connectivity index (χ3n) is 2.59. The lowest BCUT2D eigenvalue weighted by Crippen LogP contribution is -2.13. The summed E-state index contributed by atoms with van der Waals surface area (Å²) in [6, 6.07) is 0. The summed E-state index contributed by atoms with van der Waals surface area (Å²) in [6.45, 7) is 4.52. The molecule has 0 bridgehead atoms. The normalized spacial score (nSPS) is 15.1. The second-order valence-electron chi connectivity index (χ2n) is 4.87. The molecule has 0 aliphatic heterocycles. The van der Waals surface area contributed by atoms with E-state index in [0.29, 0.717) is 6.42 Å². The average molecular weight is 249 g/mol. The Morgan fingerprint density at radius 1 is 1.12 bits per heavy atom. The first-order chi connectivity index (χ1) is 7.42. The number of nitrogens with two attached hydrogens (primary N) is 1. The van der Waals surface area contributed by atoms with Gasteiger partial charge in [0.15, 0.2) is 0 Å². The minimum Gasteiger partial charge on any atom is -0.303 e. The van der Waals surface area contributed by atoms with Gasteiger partial charge in [0, 0.05) is 5.37 Å². The Balaban J connectivity index is 3.20. The van der Waals surface area contributed by atoms with Gasteiger partial charge < -0.3 is 4.55 Å². The highest BCUT2D eigenvalue weighted by atomic mass is 32.2. The van der Waals surface area contributed by atoms with Gasteiger partial charge in [-0.25, -0.2) is 9.35 Å². The van der Waals surface area contributed by atoms with E-state index >= 15 is 0 Å². The van der Waals surface area contributed by atoms with Crippen molar-refractivity contribution in [1.29, 1.82) is 0 Å². The van der Waals surface area contributed by atoms with Crippen molar-refractivity contribution in [3.63, 3.8) is 0 Å². The Kier molecular flexibility index (Phi) is 8.99. The van der Waals surface area contributed by atoms with Crippen LogP contribution in [-0.2, 0) is 9.99 Å². The molecule has 0 aromatic carbocycles. The fourth-order valence-electron chi connectivity index (χ4n) is 1.66. The van der Waals surface area contributed by atoms with Crippen LogP contribution in [0.4, 0.5) is 0 Å². The molecule has 1 atom stereocenters. The van der Waals surface area contributed by atoms with Crippen LogP contribution in [0, 0.1) is 5.92 Å². The Bertz CT molecular complexity index is 260. The van der Waals surface area contributed by atoms with Crippen molar-refractivity contribution in [2.75, 3.05) is 0 Å². The van der Waals surface area contributed by atoms with Crippen LogP contribution in [-0.4, -0.2) is 14.1 Å². The van der Waals surface area contributed by atoms with Crippen LogP contribution in [0.25, 0.3) is 0 Å². The lowest BCUT2D eigenvalue weighted by molar-refractivity contribution is 0.513. The van der Waals surface area contributed by atoms with Gasteiger partial charge in [0.25, 0.3) is 0 Å². The standard InChI is InChI=1S/C12H27NO2S/c1-12(2)10-8-6-4-3-5-7-9-11-16(13,14)15/h11-12H,3-10H2,1-2H3,(H3,13,14,15). The van der Waals surface area contributed by atoms with Crippen LogP contribution in [0.5, 0.6) is 0 Å². The second-order valence-corrected chi connectivity index (χ2v) is 6.43. The minimum absolute atomic E-state index is 0.651. The molecule has 0 heterocycles. The topological polar surface area (TPSA) is 63.3 Å². The van der Waals surface area contributed by atoms with Gasteiger partial charge in [-0.15, -0.1) is 0 Å². The van der Waals surface area contributed by atoms with E-state index in [-0.39, 0.29) is 0 Å². The molecule has 98 valence electrons. The van der Waals surface area contributed by atoms with Crippen LogP contribution >= 0.6 is 0 Å². The van der Waals surface area contributed by atoms with Crippen molar-refractivity contribution >= 4 is 15.4 Å². The van der Waals surface area contributed by atoms with Gasteiger partial charge in [0.1, 0.15) is 9.99 Å². The zero-order chi connectivity index (χ0) is 12.4. The lowest BCUT2D eigenvalue weighted by atomic mass is 10.0. The van der Waals surface area contributed by atoms with Crippen LogP contribution in [0.15, 0.2) is 0 Å². The Labute approximate surface area is 101 Å². The SMILES string of the molecule is CC(C)CCCCCCCCC=S(N)(=O)O. The molecule has 0 radical (unpaired) electrons. The van der Waals surface area contributed by atoms with E-state index in [1.54, 1.807) is 0 Å². The molecule has 0 amide bonds. The quantitative estimate of drug-likeness (QED) is 0.487. The second kappa shape index (κ2) is 9.02. The van der Waals surface area contributed by atoms with Crippen molar-refractivity contribution < 1.29 is 8.76 Å². The summed E-state index contributed by atoms with van der Waals surface area (Å²) in [5.74, 6) is 0.817. The molecular weight excluding hydrogens is 222 g/mol. The van der Waals surface area contributed by atoms with E-state index in [1.807, 2.05) is 0 Å². The van der Waals surface area contributed by atoms with E-state index in [0.717, 1.165) is 18.8 Å². The summed E-state index contributed by atoms with van der Waals surface area (Å²) in [5.41, 5.74) is 0. The molecule has 0 aromatic rings. The highest BCUT2D eigenvalue weighted by molar-refractivity contribution is 7.93. The first-order valence-electron chi connectivity index (χ1n) is 6.29. The Morgan fingerprint density at radius 3 is 2.12 bits per heavy atom. The molecule has 3 nitrogen and oxygen atoms in total. The molecule has 16 heavy (non-hydrogen) atoms. The molecule has 3 N–H and O–H groups in total. The van der Waals surface area contributed by atoms with E-state index < -0.39 is 9.99 Å². The van der Waals surface area contributed by atoms with Crippen molar-refractivity contribution in [2.45, 2.75) is 65.2 Å². The maximum Gasteiger partial charge on any atom is 0.138 e. The summed E-state index contributed by atoms with van der Waals surface area (Å²) in [5, 5.41) is 6.30. The predicted molar refractivity (Wildman–Crippen MR) is 72.8 cm³/mol. The van der Waals surface area contributed by atoms with Gasteiger partial charge in [0.05, 0.1) is 0 Å². The van der Waals surface area contributed by atoms with Gasteiger partial charge in [-0.05, 0) is 18.8 Å². The van der Waals surface area contributed by atoms with Crippen molar-refractivity contribution in [1.82, 2.24) is 0 Å². The van der Waals surface area contributed by atoms with Crippen LogP contribution in [0.3, 0.4) is 0 Å². The lowest BCUT2D eigenvalue weighted by Gasteiger charge is -2.03. The molecule has 0 rings (SSSR count). The third-order valence-corrected chi connectivity index (χ3v) is 3.31. The predicted octanol–water partition coefficient (Wildman–Crippen LogP) is 3.20. The molecule has 1 unspecified atom stereocenters. The minimum atomic E-state index is -3.11. The van der Waals surface area contributed by atoms with E-state index in [2.05, 4.69) is 13.8 Å². The zero-order valence-corrected chi connectivity index (χ0v) is 11.5. The highest BCUT2D eigenvalue weighted by Gasteiger charge is 1.95. The molecule has 0 aliphatic carbocycles. The number of hydrogen-bond donors (Lipinski definition) is 2. The summed E-state index contributed by atoms with van der Waals surface area (Å²) >= 11 is 0. The largest absolute Gasteiger partial charge is 0.303 e. The molecular formula is C12H27NO2S. The fourth-order valence-corrected chi connectivity index (χ4v) is 2.16. The third kappa shape index (κ3) is 13.9. The maximum atomic E-state index is 10.7. The first-order valence-corrected chi connectivity index (χ1v) is 7.93. The number of hydrogen-bond acceptors (Lipinski definition) is 1. The molecule has 0 aliphatic rings. The molecule has 0 spiro atoms. The maximum absolute atomic E-state index is 10.7. The van der Waals surface area contributed by atoms with Crippen molar-refractivity contribution in [3.05, 3.63) is 0 Å². The molecule has 4 heteroatoms. The van der Waals surface area contributed by atoms with Crippen molar-refractivity contribution in [3.8, 4) is 0 Å². The average Bonchev–Trinajstić information content (AvgIpc) is 2.13. The molecule has 0 aromatic heterocycles. The Hall–Kier alpha value is -0.0600. The zero-order valence-electron chi connectivity index (χ0n) is 10.7. The van der Waals surface area contributed by atoms with E-state index in [4.69, 9.17) is 9.69 Å². The number of rotatable bonds is 9. The summed E-state index contributed by atoms with van der Waals surface area (Å²) in [7, 11) is -3.11. The van der Waals surface area contributed by atoms with Crippen LogP contribution in [0.2, 0.25) is 0 Å². The molecule has 0 fully saturated rings. The van der Waals surface area contributed by atoms with E-state index in [1.165, 1.54) is 37.5 Å². The van der Waals surface area contributed by atoms with Gasteiger partial charge >= 0.3 is 0 Å². The summed E-state index contributed by atoms with van der Waals surface area (Å²) in [6.07, 6.45) is 9.23. The first kappa shape index (κ1) is 15.9. The highest BCUT2D eigenvalue weighted by Crippen LogP contribution is 2.11. The summed E-state index contributed by atoms with van der Waals surface area (Å²) < 4.78 is 19.5. The van der Waals surface area contributed by atoms with Crippen LogP contribution in [0.1, 0.15) is 65.2 Å². The fraction of sp³-hybridized carbons (Fsp3) is 0.917. The van der Waals surface area contributed by atoms with Gasteiger partial charge in [-0.2, -0.15) is 0 Å². The molecule has 0 saturated carbocycles. The smallest absolute Gasteiger partial charge is 0.138 e. The Morgan fingerprint density at radius 2 is 1.62 bits per heavy atom. The van der Waals surface area contributed by atoms with Gasteiger partial charge in [-0.1, -0.05) is 52.4 Å². The van der Waals surface area contributed by atoms with Crippen molar-refractivity contribution in [2.24, 2.45) is 11.1 Å². The summed E-state index contributed by atoms with van der Waals surface area (Å²) in [4.78, 5) is 0. The van der Waals surface area contributed by atoms with E-state index in [9.17, 15) is 4.21 Å². The van der Waals surface area contributed by atoms with Gasteiger partial charge in [0.2, 0.25) is 0 Å². The van der Waals surface area contributed by atoms with Crippen LogP contribution < -0.4 is 5.14 Å². The number of unbranched alkanes of at least 4 members (excludes halogenated alkanes) is 6. The monoisotopic (exact) mass is 249 g/mol.